The molecule has 0 saturated heterocycles. The van der Waals surface area contributed by atoms with Crippen molar-refractivity contribution in [3.63, 3.8) is 0 Å². The average molecular weight is 222 g/mol. The highest BCUT2D eigenvalue weighted by Crippen LogP contribution is 2.18. The summed E-state index contributed by atoms with van der Waals surface area (Å²) >= 11 is 0. The molecule has 0 heterocycles. The first-order valence-electron chi connectivity index (χ1n) is 4.46. The van der Waals surface area contributed by atoms with E-state index in [9.17, 15) is 14.4 Å². The van der Waals surface area contributed by atoms with Crippen LogP contribution in [0.15, 0.2) is 12.1 Å². The molecule has 84 valence electrons. The van der Waals surface area contributed by atoms with E-state index in [1.165, 1.54) is 19.9 Å². The molecule has 0 unspecified atom stereocenters. The molecule has 1 aromatic carbocycles. The second-order valence-corrected chi connectivity index (χ2v) is 3.38. The molecule has 0 spiro atoms. The van der Waals surface area contributed by atoms with Crippen LogP contribution in [0.4, 0.5) is 0 Å². The van der Waals surface area contributed by atoms with Gasteiger partial charge in [-0.2, -0.15) is 0 Å². The van der Waals surface area contributed by atoms with Crippen LogP contribution in [0.3, 0.4) is 0 Å². The molecule has 1 rings (SSSR count). The summed E-state index contributed by atoms with van der Waals surface area (Å²) < 4.78 is 0. The monoisotopic (exact) mass is 222 g/mol. The minimum absolute atomic E-state index is 0.0532. The Balaban J connectivity index is 3.58. The number of benzene rings is 1. The number of ketones is 1. The van der Waals surface area contributed by atoms with E-state index >= 15 is 0 Å². The Morgan fingerprint density at radius 3 is 2.00 bits per heavy atom. The van der Waals surface area contributed by atoms with E-state index < -0.39 is 17.7 Å². The Bertz CT molecular complexity index is 487. The molecule has 0 aliphatic heterocycles. The molecule has 0 aliphatic carbocycles. The summed E-state index contributed by atoms with van der Waals surface area (Å²) in [6.07, 6.45) is 0. The predicted octanol–water partition coefficient (Wildman–Crippen LogP) is 1.59. The van der Waals surface area contributed by atoms with Crippen molar-refractivity contribution in [2.45, 2.75) is 13.8 Å². The molecule has 0 fully saturated rings. The summed E-state index contributed by atoms with van der Waals surface area (Å²) in [7, 11) is 0. The molecule has 16 heavy (non-hydrogen) atoms. The number of carbonyl (C=O) groups is 3. The lowest BCUT2D eigenvalue weighted by atomic mass is 9.96. The summed E-state index contributed by atoms with van der Waals surface area (Å²) in [4.78, 5) is 32.9. The number of carboxylic acids is 2. The Hall–Kier alpha value is -2.17. The van der Waals surface area contributed by atoms with E-state index in [0.29, 0.717) is 5.56 Å². The third-order valence-electron chi connectivity index (χ3n) is 2.16. The van der Waals surface area contributed by atoms with Crippen LogP contribution in [-0.4, -0.2) is 27.9 Å². The number of carbonyl (C=O) groups excluding carboxylic acids is 1. The lowest BCUT2D eigenvalue weighted by Gasteiger charge is -2.08. The number of rotatable bonds is 3. The molecular weight excluding hydrogens is 212 g/mol. The molecule has 5 heteroatoms. The quantitative estimate of drug-likeness (QED) is 0.757. The van der Waals surface area contributed by atoms with E-state index in [4.69, 9.17) is 10.2 Å². The van der Waals surface area contributed by atoms with Crippen molar-refractivity contribution in [2.75, 3.05) is 0 Å². The van der Waals surface area contributed by atoms with E-state index in [0.717, 1.165) is 6.07 Å². The van der Waals surface area contributed by atoms with Crippen LogP contribution in [0, 0.1) is 6.92 Å². The second kappa shape index (κ2) is 4.14. The maximum atomic E-state index is 11.3. The van der Waals surface area contributed by atoms with Gasteiger partial charge >= 0.3 is 11.9 Å². The van der Waals surface area contributed by atoms with Gasteiger partial charge in [-0.25, -0.2) is 9.59 Å². The number of hydrogen-bond acceptors (Lipinski definition) is 3. The normalized spacial score (nSPS) is 9.88. The Morgan fingerprint density at radius 2 is 1.62 bits per heavy atom. The van der Waals surface area contributed by atoms with Crippen LogP contribution in [0.5, 0.6) is 0 Å². The maximum absolute atomic E-state index is 11.3. The molecule has 5 nitrogen and oxygen atoms in total. The van der Waals surface area contributed by atoms with E-state index in [1.54, 1.807) is 0 Å². The van der Waals surface area contributed by atoms with Crippen LogP contribution in [0.1, 0.15) is 43.6 Å². The van der Waals surface area contributed by atoms with Gasteiger partial charge < -0.3 is 10.2 Å². The summed E-state index contributed by atoms with van der Waals surface area (Å²) in [5.74, 6) is -2.93. The minimum atomic E-state index is -1.31. The molecule has 0 aliphatic rings. The number of Topliss-reactive ketones (excluding diaryl/α,β-unsaturated/α-hetero) is 1. The van der Waals surface area contributed by atoms with Gasteiger partial charge in [0.1, 0.15) is 0 Å². The van der Waals surface area contributed by atoms with Crippen LogP contribution in [0.2, 0.25) is 0 Å². The first kappa shape index (κ1) is 11.9. The highest BCUT2D eigenvalue weighted by molar-refractivity contribution is 6.07. The van der Waals surface area contributed by atoms with Crippen LogP contribution >= 0.6 is 0 Å². The first-order valence-corrected chi connectivity index (χ1v) is 4.46. The second-order valence-electron chi connectivity index (χ2n) is 3.38. The maximum Gasteiger partial charge on any atom is 0.336 e. The summed E-state index contributed by atoms with van der Waals surface area (Å²) in [6, 6.07) is 2.28. The van der Waals surface area contributed by atoms with Crippen molar-refractivity contribution in [1.29, 1.82) is 0 Å². The van der Waals surface area contributed by atoms with Gasteiger partial charge in [-0.1, -0.05) is 0 Å². The zero-order chi connectivity index (χ0) is 12.5. The van der Waals surface area contributed by atoms with Gasteiger partial charge in [-0.15, -0.1) is 0 Å². The fourth-order valence-corrected chi connectivity index (χ4v) is 1.55. The smallest absolute Gasteiger partial charge is 0.336 e. The molecule has 0 bridgehead atoms. The molecule has 1 aromatic rings. The summed E-state index contributed by atoms with van der Waals surface area (Å²) in [5, 5.41) is 17.7. The van der Waals surface area contributed by atoms with E-state index in [1.807, 2.05) is 0 Å². The van der Waals surface area contributed by atoms with Crippen molar-refractivity contribution >= 4 is 17.7 Å². The van der Waals surface area contributed by atoms with Crippen molar-refractivity contribution in [1.82, 2.24) is 0 Å². The number of carboxylic acid groups (broad SMARTS) is 2. The van der Waals surface area contributed by atoms with Crippen molar-refractivity contribution < 1.29 is 24.6 Å². The van der Waals surface area contributed by atoms with Crippen LogP contribution < -0.4 is 0 Å². The van der Waals surface area contributed by atoms with Crippen molar-refractivity contribution in [3.8, 4) is 0 Å². The Kier molecular flexibility index (Phi) is 3.08. The molecular formula is C11H10O5. The van der Waals surface area contributed by atoms with Crippen LogP contribution in [0.25, 0.3) is 0 Å². The number of hydrogen-bond donors (Lipinski definition) is 2. The third-order valence-corrected chi connectivity index (χ3v) is 2.16. The standard InChI is InChI=1S/C11H10O5/c1-5-3-7(10(13)14)4-8(11(15)16)9(5)6(2)12/h3-4H,1-2H3,(H,13,14)(H,15,16). The fraction of sp³-hybridized carbons (Fsp3) is 0.182. The lowest BCUT2D eigenvalue weighted by molar-refractivity contribution is 0.0692. The van der Waals surface area contributed by atoms with Gasteiger partial charge in [-0.3, -0.25) is 4.79 Å². The zero-order valence-electron chi connectivity index (χ0n) is 8.77. The third kappa shape index (κ3) is 2.08. The molecule has 0 saturated carbocycles. The lowest BCUT2D eigenvalue weighted by Crippen LogP contribution is -2.11. The predicted molar refractivity (Wildman–Crippen MR) is 55.1 cm³/mol. The van der Waals surface area contributed by atoms with Gasteiger partial charge in [-0.05, 0) is 31.5 Å². The Labute approximate surface area is 91.3 Å². The summed E-state index contributed by atoms with van der Waals surface area (Å²) in [5.41, 5.74) is -0.00731. The minimum Gasteiger partial charge on any atom is -0.478 e. The largest absolute Gasteiger partial charge is 0.478 e. The Morgan fingerprint density at radius 1 is 1.06 bits per heavy atom. The molecule has 0 aromatic heterocycles. The van der Waals surface area contributed by atoms with Crippen molar-refractivity contribution in [3.05, 3.63) is 34.4 Å². The van der Waals surface area contributed by atoms with Crippen molar-refractivity contribution in [2.24, 2.45) is 0 Å². The number of aryl methyl sites for hydroxylation is 1. The van der Waals surface area contributed by atoms with Gasteiger partial charge in [0.2, 0.25) is 0 Å². The first-order chi connectivity index (χ1) is 7.34. The van der Waals surface area contributed by atoms with E-state index in [-0.39, 0.29) is 16.7 Å². The van der Waals surface area contributed by atoms with Gasteiger partial charge in [0.15, 0.2) is 5.78 Å². The highest BCUT2D eigenvalue weighted by Gasteiger charge is 2.19. The molecule has 0 atom stereocenters. The average Bonchev–Trinajstić information content (AvgIpc) is 2.15. The summed E-state index contributed by atoms with van der Waals surface area (Å²) in [6.45, 7) is 2.75. The molecule has 0 radical (unpaired) electrons. The topological polar surface area (TPSA) is 91.7 Å². The zero-order valence-corrected chi connectivity index (χ0v) is 8.77. The molecule has 0 amide bonds. The number of aromatic carboxylic acids is 2. The highest BCUT2D eigenvalue weighted by atomic mass is 16.4. The van der Waals surface area contributed by atoms with Crippen LogP contribution in [-0.2, 0) is 0 Å². The molecule has 2 N–H and O–H groups in total. The van der Waals surface area contributed by atoms with Gasteiger partial charge in [0.25, 0.3) is 0 Å². The fourth-order valence-electron chi connectivity index (χ4n) is 1.55. The van der Waals surface area contributed by atoms with Gasteiger partial charge in [0, 0.05) is 5.56 Å². The van der Waals surface area contributed by atoms with E-state index in [2.05, 4.69) is 0 Å². The SMILES string of the molecule is CC(=O)c1c(C)cc(C(=O)O)cc1C(=O)O. The van der Waals surface area contributed by atoms with Gasteiger partial charge in [0.05, 0.1) is 11.1 Å².